The summed E-state index contributed by atoms with van der Waals surface area (Å²) in [5.74, 6) is 1.86. The van der Waals surface area contributed by atoms with Crippen molar-refractivity contribution in [1.82, 2.24) is 20.0 Å². The van der Waals surface area contributed by atoms with Crippen LogP contribution in [-0.4, -0.2) is 65.8 Å². The molecule has 0 spiro atoms. The minimum Gasteiger partial charge on any atom is -0.358 e. The average Bonchev–Trinajstić information content (AvgIpc) is 2.88. The molecule has 3 rings (SSSR count). The molecular weight excluding hydrogens is 358 g/mol. The van der Waals surface area contributed by atoms with Crippen molar-refractivity contribution in [2.24, 2.45) is 5.92 Å². The van der Waals surface area contributed by atoms with Crippen LogP contribution in [0.15, 0.2) is 16.7 Å². The van der Waals surface area contributed by atoms with Crippen molar-refractivity contribution in [3.8, 4) is 0 Å². The molecule has 1 amide bonds. The molecule has 6 nitrogen and oxygen atoms in total. The lowest BCUT2D eigenvalue weighted by molar-refractivity contribution is -0.125. The first-order valence-corrected chi connectivity index (χ1v) is 9.00. The van der Waals surface area contributed by atoms with E-state index in [9.17, 15) is 4.79 Å². The van der Waals surface area contributed by atoms with E-state index in [0.29, 0.717) is 18.5 Å². The molecule has 2 aliphatic rings. The Labute approximate surface area is 146 Å². The minimum atomic E-state index is 0.251. The summed E-state index contributed by atoms with van der Waals surface area (Å²) < 4.78 is 0.764. The molecular formula is C16H24BrN5O. The highest BCUT2D eigenvalue weighted by atomic mass is 79.9. The topological polar surface area (TPSA) is 52.6 Å². The van der Waals surface area contributed by atoms with Crippen LogP contribution in [0.5, 0.6) is 0 Å². The van der Waals surface area contributed by atoms with Gasteiger partial charge in [-0.3, -0.25) is 9.69 Å². The molecule has 0 N–H and O–H groups in total. The van der Waals surface area contributed by atoms with Crippen LogP contribution < -0.4 is 4.90 Å². The Balaban J connectivity index is 1.47. The van der Waals surface area contributed by atoms with Crippen molar-refractivity contribution in [3.63, 3.8) is 0 Å². The Bertz CT molecular complexity index is 544. The fourth-order valence-electron chi connectivity index (χ4n) is 3.63. The van der Waals surface area contributed by atoms with Crippen LogP contribution in [0, 0.1) is 5.92 Å². The maximum atomic E-state index is 11.7. The van der Waals surface area contributed by atoms with E-state index in [4.69, 9.17) is 0 Å². The summed E-state index contributed by atoms with van der Waals surface area (Å²) >= 11 is 3.32. The monoisotopic (exact) mass is 381 g/mol. The van der Waals surface area contributed by atoms with Crippen LogP contribution >= 0.6 is 15.9 Å². The van der Waals surface area contributed by atoms with Crippen LogP contribution in [0.2, 0.25) is 0 Å². The summed E-state index contributed by atoms with van der Waals surface area (Å²) in [6, 6.07) is 4.49. The third kappa shape index (κ3) is 4.01. The Kier molecular flexibility index (Phi) is 5.16. The molecule has 1 saturated carbocycles. The van der Waals surface area contributed by atoms with Crippen molar-refractivity contribution in [1.29, 1.82) is 0 Å². The van der Waals surface area contributed by atoms with Gasteiger partial charge in [0.25, 0.3) is 0 Å². The number of hydrogen-bond donors (Lipinski definition) is 0. The van der Waals surface area contributed by atoms with E-state index in [2.05, 4.69) is 43.0 Å². The SMILES string of the molecule is CN1CN([C@H]2CC[C@H](CN(C)c3ccc(Br)nn3)CC2)CC1=O. The Hall–Kier alpha value is -1.21. The summed E-state index contributed by atoms with van der Waals surface area (Å²) in [6.07, 6.45) is 4.80. The van der Waals surface area contributed by atoms with Crippen molar-refractivity contribution in [3.05, 3.63) is 16.7 Å². The van der Waals surface area contributed by atoms with Gasteiger partial charge in [-0.2, -0.15) is 0 Å². The third-order valence-corrected chi connectivity index (χ3v) is 5.45. The number of carbonyl (C=O) groups is 1. The molecule has 1 saturated heterocycles. The van der Waals surface area contributed by atoms with E-state index in [1.54, 1.807) is 0 Å². The predicted octanol–water partition coefficient (Wildman–Crippen LogP) is 1.97. The molecule has 2 heterocycles. The van der Waals surface area contributed by atoms with Crippen LogP contribution in [0.1, 0.15) is 25.7 Å². The average molecular weight is 382 g/mol. The Morgan fingerprint density at radius 3 is 2.57 bits per heavy atom. The number of likely N-dealkylation sites (N-methyl/N-ethyl adjacent to an activating group) is 1. The van der Waals surface area contributed by atoms with E-state index in [0.717, 1.165) is 23.6 Å². The van der Waals surface area contributed by atoms with Crippen molar-refractivity contribution in [2.75, 3.05) is 38.8 Å². The van der Waals surface area contributed by atoms with Crippen LogP contribution in [0.25, 0.3) is 0 Å². The molecule has 2 fully saturated rings. The fraction of sp³-hybridized carbons (Fsp3) is 0.688. The van der Waals surface area contributed by atoms with Gasteiger partial charge in [0.05, 0.1) is 13.2 Å². The van der Waals surface area contributed by atoms with E-state index in [-0.39, 0.29) is 5.91 Å². The lowest BCUT2D eigenvalue weighted by atomic mass is 9.85. The van der Waals surface area contributed by atoms with Gasteiger partial charge in [0.1, 0.15) is 4.60 Å². The summed E-state index contributed by atoms with van der Waals surface area (Å²) in [4.78, 5) is 18.0. The van der Waals surface area contributed by atoms with Crippen molar-refractivity contribution in [2.45, 2.75) is 31.7 Å². The number of anilines is 1. The molecule has 7 heteroatoms. The number of aromatic nitrogens is 2. The number of hydrogen-bond acceptors (Lipinski definition) is 5. The third-order valence-electron chi connectivity index (χ3n) is 5.03. The zero-order valence-electron chi connectivity index (χ0n) is 13.8. The molecule has 0 unspecified atom stereocenters. The first-order valence-electron chi connectivity index (χ1n) is 8.21. The van der Waals surface area contributed by atoms with Crippen LogP contribution in [0.3, 0.4) is 0 Å². The van der Waals surface area contributed by atoms with Crippen LogP contribution in [-0.2, 0) is 4.79 Å². The summed E-state index contributed by atoms with van der Waals surface area (Å²) in [7, 11) is 3.97. The second kappa shape index (κ2) is 7.13. The number of carbonyl (C=O) groups excluding carboxylic acids is 1. The van der Waals surface area contributed by atoms with Gasteiger partial charge in [-0.25, -0.2) is 0 Å². The standard InChI is InChI=1S/C16H24BrN5O/c1-20(15-8-7-14(17)18-19-15)9-12-3-5-13(6-4-12)22-10-16(23)21(2)11-22/h7-8,12-13H,3-6,9-11H2,1-2H3/t12-,13-. The smallest absolute Gasteiger partial charge is 0.237 e. The van der Waals surface area contributed by atoms with Crippen molar-refractivity contribution < 1.29 is 4.79 Å². The van der Waals surface area contributed by atoms with Crippen LogP contribution in [0.4, 0.5) is 5.82 Å². The first kappa shape index (κ1) is 16.6. The molecule has 1 aromatic rings. The number of rotatable bonds is 4. The second-order valence-corrected chi connectivity index (χ2v) is 7.56. The quantitative estimate of drug-likeness (QED) is 0.797. The summed E-state index contributed by atoms with van der Waals surface area (Å²) in [5, 5.41) is 8.27. The lowest BCUT2D eigenvalue weighted by Gasteiger charge is -2.35. The zero-order valence-corrected chi connectivity index (χ0v) is 15.4. The molecule has 1 aromatic heterocycles. The zero-order chi connectivity index (χ0) is 16.4. The van der Waals surface area contributed by atoms with Gasteiger partial charge in [-0.05, 0) is 59.7 Å². The molecule has 0 aromatic carbocycles. The van der Waals surface area contributed by atoms with Gasteiger partial charge in [-0.15, -0.1) is 10.2 Å². The molecule has 0 radical (unpaired) electrons. The van der Waals surface area contributed by atoms with Gasteiger partial charge in [-0.1, -0.05) is 0 Å². The van der Waals surface area contributed by atoms with E-state index in [1.165, 1.54) is 25.7 Å². The maximum absolute atomic E-state index is 11.7. The van der Waals surface area contributed by atoms with Gasteiger partial charge < -0.3 is 9.80 Å². The molecule has 0 bridgehead atoms. The lowest BCUT2D eigenvalue weighted by Crippen LogP contribution is -2.39. The second-order valence-electron chi connectivity index (χ2n) is 6.75. The molecule has 23 heavy (non-hydrogen) atoms. The normalized spacial score (nSPS) is 25.9. The molecule has 0 atom stereocenters. The minimum absolute atomic E-state index is 0.251. The molecule has 1 aliphatic carbocycles. The number of amides is 1. The van der Waals surface area contributed by atoms with E-state index >= 15 is 0 Å². The van der Waals surface area contributed by atoms with Gasteiger partial charge in [0.2, 0.25) is 5.91 Å². The van der Waals surface area contributed by atoms with Gasteiger partial charge >= 0.3 is 0 Å². The highest BCUT2D eigenvalue weighted by Gasteiger charge is 2.32. The summed E-state index contributed by atoms with van der Waals surface area (Å²) in [5.41, 5.74) is 0. The maximum Gasteiger partial charge on any atom is 0.237 e. The Morgan fingerprint density at radius 2 is 2.00 bits per heavy atom. The summed E-state index contributed by atoms with van der Waals surface area (Å²) in [6.45, 7) is 2.41. The fourth-order valence-corrected chi connectivity index (χ4v) is 3.84. The molecule has 1 aliphatic heterocycles. The van der Waals surface area contributed by atoms with E-state index < -0.39 is 0 Å². The molecule has 126 valence electrons. The van der Waals surface area contributed by atoms with E-state index in [1.807, 2.05) is 24.1 Å². The number of halogens is 1. The largest absolute Gasteiger partial charge is 0.358 e. The predicted molar refractivity (Wildman–Crippen MR) is 93.1 cm³/mol. The highest BCUT2D eigenvalue weighted by molar-refractivity contribution is 9.10. The van der Waals surface area contributed by atoms with Gasteiger partial charge in [0.15, 0.2) is 5.82 Å². The van der Waals surface area contributed by atoms with Gasteiger partial charge in [0, 0.05) is 26.7 Å². The first-order chi connectivity index (χ1) is 11.0. The Morgan fingerprint density at radius 1 is 1.26 bits per heavy atom. The van der Waals surface area contributed by atoms with Crippen molar-refractivity contribution >= 4 is 27.7 Å². The number of nitrogens with zero attached hydrogens (tertiary/aromatic N) is 5. The highest BCUT2D eigenvalue weighted by Crippen LogP contribution is 2.30.